The van der Waals surface area contributed by atoms with Crippen LogP contribution in [0.1, 0.15) is 18.4 Å². The molecule has 0 atom stereocenters. The van der Waals surface area contributed by atoms with Crippen molar-refractivity contribution in [2.24, 2.45) is 0 Å². The van der Waals surface area contributed by atoms with Crippen molar-refractivity contribution in [1.29, 1.82) is 5.26 Å². The Kier molecular flexibility index (Phi) is 4.82. The molecule has 0 aliphatic carbocycles. The van der Waals surface area contributed by atoms with Crippen molar-refractivity contribution >= 4 is 15.9 Å². The summed E-state index contributed by atoms with van der Waals surface area (Å²) in [6, 6.07) is 6.60. The van der Waals surface area contributed by atoms with Crippen LogP contribution in [0.4, 0.5) is 13.2 Å². The van der Waals surface area contributed by atoms with Crippen LogP contribution in [-0.4, -0.2) is 12.8 Å². The maximum absolute atomic E-state index is 11.9. The lowest BCUT2D eigenvalue weighted by molar-refractivity contribution is -0.136. The van der Waals surface area contributed by atoms with E-state index in [9.17, 15) is 13.2 Å². The van der Waals surface area contributed by atoms with E-state index in [4.69, 9.17) is 10.00 Å². The van der Waals surface area contributed by atoms with Crippen molar-refractivity contribution in [3.05, 3.63) is 28.2 Å². The summed E-state index contributed by atoms with van der Waals surface area (Å²) in [5, 5.41) is 8.62. The van der Waals surface area contributed by atoms with E-state index >= 15 is 0 Å². The maximum Gasteiger partial charge on any atom is 0.389 e. The molecule has 0 bridgehead atoms. The van der Waals surface area contributed by atoms with Crippen LogP contribution in [0.15, 0.2) is 22.7 Å². The Morgan fingerprint density at radius 1 is 1.35 bits per heavy atom. The summed E-state index contributed by atoms with van der Waals surface area (Å²) in [7, 11) is 0. The first-order chi connectivity index (χ1) is 7.92. The first-order valence-corrected chi connectivity index (χ1v) is 5.61. The summed E-state index contributed by atoms with van der Waals surface area (Å²) in [6.07, 6.45) is -5.10. The van der Waals surface area contributed by atoms with Crippen LogP contribution in [0.5, 0.6) is 5.75 Å². The van der Waals surface area contributed by atoms with Crippen molar-refractivity contribution in [3.63, 3.8) is 0 Å². The summed E-state index contributed by atoms with van der Waals surface area (Å²) in [5.41, 5.74) is 0.458. The van der Waals surface area contributed by atoms with E-state index in [2.05, 4.69) is 15.9 Å². The van der Waals surface area contributed by atoms with Gasteiger partial charge >= 0.3 is 6.18 Å². The Hall–Kier alpha value is -1.22. The average molecular weight is 308 g/mol. The molecule has 1 aromatic carbocycles. The third-order valence-corrected chi connectivity index (χ3v) is 2.54. The highest BCUT2D eigenvalue weighted by atomic mass is 79.9. The highest BCUT2D eigenvalue weighted by molar-refractivity contribution is 9.10. The summed E-state index contributed by atoms with van der Waals surface area (Å²) in [5.74, 6) is 0.436. The molecule has 0 aliphatic rings. The SMILES string of the molecule is N#Cc1ccc(OCCCC(F)(F)F)c(Br)c1. The number of nitriles is 1. The molecule has 0 spiro atoms. The zero-order valence-electron chi connectivity index (χ0n) is 8.72. The summed E-state index contributed by atoms with van der Waals surface area (Å²) < 4.78 is 41.3. The fourth-order valence-electron chi connectivity index (χ4n) is 1.14. The Morgan fingerprint density at radius 3 is 2.59 bits per heavy atom. The van der Waals surface area contributed by atoms with Crippen LogP contribution >= 0.6 is 15.9 Å². The van der Waals surface area contributed by atoms with Gasteiger partial charge in [-0.15, -0.1) is 0 Å². The molecule has 0 heterocycles. The van der Waals surface area contributed by atoms with E-state index < -0.39 is 12.6 Å². The number of hydrogen-bond donors (Lipinski definition) is 0. The zero-order chi connectivity index (χ0) is 12.9. The molecule has 0 saturated carbocycles. The van der Waals surface area contributed by atoms with Gasteiger partial charge in [0.2, 0.25) is 0 Å². The van der Waals surface area contributed by atoms with Crippen LogP contribution in [-0.2, 0) is 0 Å². The molecule has 0 aromatic heterocycles. The molecule has 0 radical (unpaired) electrons. The monoisotopic (exact) mass is 307 g/mol. The number of ether oxygens (including phenoxy) is 1. The Labute approximate surface area is 105 Å². The Morgan fingerprint density at radius 2 is 2.06 bits per heavy atom. The zero-order valence-corrected chi connectivity index (χ0v) is 10.3. The van der Waals surface area contributed by atoms with Gasteiger partial charge in [0.05, 0.1) is 22.7 Å². The number of rotatable bonds is 4. The van der Waals surface area contributed by atoms with E-state index in [1.807, 2.05) is 6.07 Å². The second kappa shape index (κ2) is 5.92. The van der Waals surface area contributed by atoms with Crippen molar-refractivity contribution in [2.45, 2.75) is 19.0 Å². The quantitative estimate of drug-likeness (QED) is 0.786. The smallest absolute Gasteiger partial charge is 0.389 e. The molecule has 0 amide bonds. The van der Waals surface area contributed by atoms with Gasteiger partial charge in [-0.2, -0.15) is 18.4 Å². The molecule has 0 fully saturated rings. The normalized spacial score (nSPS) is 11.0. The van der Waals surface area contributed by atoms with E-state index in [0.29, 0.717) is 15.8 Å². The summed E-state index contributed by atoms with van der Waals surface area (Å²) >= 11 is 3.18. The van der Waals surface area contributed by atoms with E-state index in [1.54, 1.807) is 18.2 Å². The molecule has 6 heteroatoms. The van der Waals surface area contributed by atoms with E-state index in [-0.39, 0.29) is 13.0 Å². The molecular formula is C11H9BrF3NO. The molecule has 17 heavy (non-hydrogen) atoms. The van der Waals surface area contributed by atoms with Crippen LogP contribution in [0, 0.1) is 11.3 Å². The molecule has 0 unspecified atom stereocenters. The Bertz CT molecular complexity index is 426. The highest BCUT2D eigenvalue weighted by Crippen LogP contribution is 2.27. The minimum absolute atomic E-state index is 0.00991. The molecule has 0 N–H and O–H groups in total. The van der Waals surface area contributed by atoms with Crippen molar-refractivity contribution in [2.75, 3.05) is 6.61 Å². The standard InChI is InChI=1S/C11H9BrF3NO/c12-9-6-8(7-16)2-3-10(9)17-5-1-4-11(13,14)15/h2-3,6H,1,4-5H2. The number of nitrogens with zero attached hydrogens (tertiary/aromatic N) is 1. The molecule has 2 nitrogen and oxygen atoms in total. The van der Waals surface area contributed by atoms with Gasteiger partial charge in [-0.05, 0) is 40.5 Å². The van der Waals surface area contributed by atoms with Gasteiger partial charge < -0.3 is 4.74 Å². The first kappa shape index (κ1) is 13.8. The van der Waals surface area contributed by atoms with Crippen molar-refractivity contribution < 1.29 is 17.9 Å². The average Bonchev–Trinajstić information content (AvgIpc) is 2.24. The van der Waals surface area contributed by atoms with Crippen LogP contribution in [0.2, 0.25) is 0 Å². The molecule has 0 aliphatic heterocycles. The van der Waals surface area contributed by atoms with Gasteiger partial charge in [-0.3, -0.25) is 0 Å². The highest BCUT2D eigenvalue weighted by Gasteiger charge is 2.26. The molecule has 1 rings (SSSR count). The summed E-state index contributed by atoms with van der Waals surface area (Å²) in [4.78, 5) is 0. The minimum Gasteiger partial charge on any atom is -0.492 e. The predicted molar refractivity (Wildman–Crippen MR) is 59.6 cm³/mol. The Balaban J connectivity index is 2.45. The predicted octanol–water partition coefficient (Wildman–Crippen LogP) is 4.04. The number of halogens is 4. The van der Waals surface area contributed by atoms with Crippen LogP contribution in [0.3, 0.4) is 0 Å². The van der Waals surface area contributed by atoms with Crippen molar-refractivity contribution in [1.82, 2.24) is 0 Å². The van der Waals surface area contributed by atoms with Crippen LogP contribution in [0.25, 0.3) is 0 Å². The number of hydrogen-bond acceptors (Lipinski definition) is 2. The number of alkyl halides is 3. The number of benzene rings is 1. The molecular weight excluding hydrogens is 299 g/mol. The van der Waals surface area contributed by atoms with Gasteiger partial charge in [-0.25, -0.2) is 0 Å². The summed E-state index contributed by atoms with van der Waals surface area (Å²) in [6.45, 7) is -0.00991. The maximum atomic E-state index is 11.9. The topological polar surface area (TPSA) is 33.0 Å². The third kappa shape index (κ3) is 5.09. The van der Waals surface area contributed by atoms with Crippen molar-refractivity contribution in [3.8, 4) is 11.8 Å². The van der Waals surface area contributed by atoms with Gasteiger partial charge in [0.1, 0.15) is 5.75 Å². The second-order valence-electron chi connectivity index (χ2n) is 3.32. The van der Waals surface area contributed by atoms with Gasteiger partial charge in [-0.1, -0.05) is 0 Å². The van der Waals surface area contributed by atoms with E-state index in [0.717, 1.165) is 0 Å². The first-order valence-electron chi connectivity index (χ1n) is 4.81. The lowest BCUT2D eigenvalue weighted by Crippen LogP contribution is -2.09. The molecule has 92 valence electrons. The van der Waals surface area contributed by atoms with Crippen LogP contribution < -0.4 is 4.74 Å². The third-order valence-electron chi connectivity index (χ3n) is 1.92. The fraction of sp³-hybridized carbons (Fsp3) is 0.364. The van der Waals surface area contributed by atoms with E-state index in [1.165, 1.54) is 0 Å². The van der Waals surface area contributed by atoms with Gasteiger partial charge in [0.15, 0.2) is 0 Å². The van der Waals surface area contributed by atoms with Gasteiger partial charge in [0.25, 0.3) is 0 Å². The van der Waals surface area contributed by atoms with Gasteiger partial charge in [0, 0.05) is 6.42 Å². The molecule has 1 aromatic rings. The second-order valence-corrected chi connectivity index (χ2v) is 4.18. The lowest BCUT2D eigenvalue weighted by Gasteiger charge is -2.09. The fourth-order valence-corrected chi connectivity index (χ4v) is 1.64. The molecule has 0 saturated heterocycles. The minimum atomic E-state index is -4.15. The lowest BCUT2D eigenvalue weighted by atomic mass is 10.2. The largest absolute Gasteiger partial charge is 0.492 e.